The highest BCUT2D eigenvalue weighted by Gasteiger charge is 1.88. The highest BCUT2D eigenvalue weighted by atomic mass is 13.9. The molecular weight excluding hydrogens is 192 g/mol. The SMILES string of the molecule is [2H]C(C=Cc1ccccc1)C([2H])c1ccccc1. The van der Waals surface area contributed by atoms with Gasteiger partial charge in [0, 0.05) is 2.74 Å². The molecule has 0 heteroatoms. The Balaban J connectivity index is 2.04. The van der Waals surface area contributed by atoms with Gasteiger partial charge in [-0.15, -0.1) is 0 Å². The monoisotopic (exact) mass is 210 g/mol. The molecule has 0 radical (unpaired) electrons. The maximum Gasteiger partial charge on any atom is 0.0319 e. The van der Waals surface area contributed by atoms with E-state index < -0.39 is 12.8 Å². The molecule has 80 valence electrons. The van der Waals surface area contributed by atoms with Crippen LogP contribution in [0.3, 0.4) is 0 Å². The maximum atomic E-state index is 8.05. The number of allylic oxidation sites excluding steroid dienone is 1. The molecule has 0 spiro atoms. The van der Waals surface area contributed by atoms with Crippen LogP contribution in [0.15, 0.2) is 66.7 Å². The second-order valence-electron chi connectivity index (χ2n) is 3.54. The molecule has 0 aliphatic carbocycles. The van der Waals surface area contributed by atoms with E-state index in [1.165, 1.54) is 0 Å². The third-order valence-electron chi connectivity index (χ3n) is 2.29. The van der Waals surface area contributed by atoms with Gasteiger partial charge in [-0.05, 0) is 23.9 Å². The second kappa shape index (κ2) is 5.92. The highest BCUT2D eigenvalue weighted by molar-refractivity contribution is 5.48. The lowest BCUT2D eigenvalue weighted by molar-refractivity contribution is 1.01. The molecule has 0 nitrogen and oxygen atoms in total. The Bertz CT molecular complexity index is 491. The number of rotatable bonds is 4. The van der Waals surface area contributed by atoms with Gasteiger partial charge in [-0.3, -0.25) is 0 Å². The van der Waals surface area contributed by atoms with Crippen molar-refractivity contribution in [1.29, 1.82) is 0 Å². The maximum absolute atomic E-state index is 8.05. The van der Waals surface area contributed by atoms with E-state index in [9.17, 15) is 0 Å². The molecule has 0 saturated carbocycles. The Kier molecular flexibility index (Phi) is 3.09. The molecule has 2 atom stereocenters. The molecule has 0 heterocycles. The fourth-order valence-corrected chi connectivity index (χ4v) is 1.46. The molecule has 2 rings (SSSR count). The summed E-state index contributed by atoms with van der Waals surface area (Å²) in [6.07, 6.45) is 2.60. The topological polar surface area (TPSA) is 0 Å². The normalized spacial score (nSPS) is 16.5. The molecule has 0 bridgehead atoms. The van der Waals surface area contributed by atoms with E-state index in [0.717, 1.165) is 11.1 Å². The summed E-state index contributed by atoms with van der Waals surface area (Å²) >= 11 is 0. The molecule has 0 amide bonds. The fraction of sp³-hybridized carbons (Fsp3) is 0.125. The molecular formula is C16H16. The smallest absolute Gasteiger partial charge is 0.0319 e. The zero-order valence-corrected chi connectivity index (χ0v) is 9.08. The molecule has 2 aromatic rings. The summed E-state index contributed by atoms with van der Waals surface area (Å²) in [6, 6.07) is 19.4. The van der Waals surface area contributed by atoms with Crippen LogP contribution in [0, 0.1) is 0 Å². The Hall–Kier alpha value is -1.82. The van der Waals surface area contributed by atoms with Gasteiger partial charge >= 0.3 is 0 Å². The molecule has 2 aromatic carbocycles. The van der Waals surface area contributed by atoms with Crippen molar-refractivity contribution in [3.8, 4) is 0 Å². The fourth-order valence-electron chi connectivity index (χ4n) is 1.46. The Morgan fingerprint density at radius 3 is 2.19 bits per heavy atom. The summed E-state index contributed by atoms with van der Waals surface area (Å²) in [4.78, 5) is 0. The molecule has 2 unspecified atom stereocenters. The average molecular weight is 210 g/mol. The van der Waals surface area contributed by atoms with Crippen molar-refractivity contribution in [2.45, 2.75) is 12.8 Å². The molecule has 0 saturated heterocycles. The largest absolute Gasteiger partial charge is 0.0836 e. The van der Waals surface area contributed by atoms with E-state index in [-0.39, 0.29) is 0 Å². The van der Waals surface area contributed by atoms with E-state index >= 15 is 0 Å². The van der Waals surface area contributed by atoms with Gasteiger partial charge < -0.3 is 0 Å². The zero-order chi connectivity index (χ0) is 12.8. The molecule has 0 aliphatic heterocycles. The minimum Gasteiger partial charge on any atom is -0.0836 e. The average Bonchev–Trinajstić information content (AvgIpc) is 2.46. The van der Waals surface area contributed by atoms with Crippen molar-refractivity contribution >= 4 is 6.08 Å². The van der Waals surface area contributed by atoms with E-state index in [4.69, 9.17) is 2.74 Å². The van der Waals surface area contributed by atoms with Crippen molar-refractivity contribution in [1.82, 2.24) is 0 Å². The minimum atomic E-state index is -0.549. The van der Waals surface area contributed by atoms with Crippen LogP contribution in [-0.2, 0) is 6.40 Å². The lowest BCUT2D eigenvalue weighted by Crippen LogP contribution is -1.81. The summed E-state index contributed by atoms with van der Waals surface area (Å²) in [5.41, 5.74) is 1.95. The van der Waals surface area contributed by atoms with Gasteiger partial charge in [0.1, 0.15) is 0 Å². The third-order valence-corrected chi connectivity index (χ3v) is 2.29. The molecule has 0 aliphatic rings. The molecule has 0 N–H and O–H groups in total. The van der Waals surface area contributed by atoms with Gasteiger partial charge in [0.15, 0.2) is 0 Å². The summed E-state index contributed by atoms with van der Waals surface area (Å²) in [6.45, 7) is 0. The van der Waals surface area contributed by atoms with E-state index in [2.05, 4.69) is 0 Å². The summed E-state index contributed by atoms with van der Waals surface area (Å²) in [7, 11) is 0. The highest BCUT2D eigenvalue weighted by Crippen LogP contribution is 2.05. The number of hydrogen-bond donors (Lipinski definition) is 0. The number of benzene rings is 2. The Labute approximate surface area is 100 Å². The van der Waals surface area contributed by atoms with Crippen LogP contribution in [0.2, 0.25) is 0 Å². The van der Waals surface area contributed by atoms with Crippen LogP contribution in [0.4, 0.5) is 0 Å². The Morgan fingerprint density at radius 1 is 0.875 bits per heavy atom. The van der Waals surface area contributed by atoms with Crippen LogP contribution < -0.4 is 0 Å². The van der Waals surface area contributed by atoms with Gasteiger partial charge in [-0.1, -0.05) is 72.8 Å². The predicted molar refractivity (Wildman–Crippen MR) is 70.2 cm³/mol. The minimum absolute atomic E-state index is 0.536. The first-order chi connectivity index (χ1) is 8.77. The van der Waals surface area contributed by atoms with Crippen LogP contribution in [-0.4, -0.2) is 0 Å². The van der Waals surface area contributed by atoms with Gasteiger partial charge in [0.25, 0.3) is 0 Å². The Morgan fingerprint density at radius 2 is 1.50 bits per heavy atom. The second-order valence-corrected chi connectivity index (χ2v) is 3.54. The summed E-state index contributed by atoms with van der Waals surface area (Å²) in [5.74, 6) is 0. The standard InChI is InChI=1S/C16H16/c1-3-9-15(10-4-1)13-7-8-14-16-11-5-2-6-12-16/h1-7,9-13H,8,14H2/i8D,14D. The quantitative estimate of drug-likeness (QED) is 0.704. The zero-order valence-electron chi connectivity index (χ0n) is 11.1. The predicted octanol–water partition coefficient (Wildman–Crippen LogP) is 4.33. The lowest BCUT2D eigenvalue weighted by Gasteiger charge is -1.96. The summed E-state index contributed by atoms with van der Waals surface area (Å²) in [5, 5.41) is 0. The first-order valence-corrected chi connectivity index (χ1v) is 5.40. The number of hydrogen-bond acceptors (Lipinski definition) is 0. The van der Waals surface area contributed by atoms with Crippen LogP contribution in [0.5, 0.6) is 0 Å². The van der Waals surface area contributed by atoms with Gasteiger partial charge in [0.05, 0.1) is 0 Å². The number of aryl methyl sites for hydroxylation is 1. The van der Waals surface area contributed by atoms with Crippen molar-refractivity contribution in [3.63, 3.8) is 0 Å². The van der Waals surface area contributed by atoms with Gasteiger partial charge in [-0.25, -0.2) is 0 Å². The van der Waals surface area contributed by atoms with E-state index in [1.807, 2.05) is 66.7 Å². The van der Waals surface area contributed by atoms with Crippen LogP contribution >= 0.6 is 0 Å². The van der Waals surface area contributed by atoms with E-state index in [1.54, 1.807) is 6.08 Å². The van der Waals surface area contributed by atoms with Gasteiger partial charge in [0.2, 0.25) is 0 Å². The first-order valence-electron chi connectivity index (χ1n) is 6.55. The molecule has 16 heavy (non-hydrogen) atoms. The van der Waals surface area contributed by atoms with Crippen molar-refractivity contribution in [2.75, 3.05) is 0 Å². The molecule has 0 fully saturated rings. The third kappa shape index (κ3) is 3.39. The summed E-state index contributed by atoms with van der Waals surface area (Å²) < 4.78 is 16.0. The first kappa shape index (κ1) is 8.35. The van der Waals surface area contributed by atoms with Crippen molar-refractivity contribution < 1.29 is 2.74 Å². The van der Waals surface area contributed by atoms with E-state index in [0.29, 0.717) is 0 Å². The van der Waals surface area contributed by atoms with Crippen molar-refractivity contribution in [3.05, 3.63) is 77.9 Å². The molecule has 0 aromatic heterocycles. The lowest BCUT2D eigenvalue weighted by atomic mass is 10.1. The van der Waals surface area contributed by atoms with Crippen molar-refractivity contribution in [2.24, 2.45) is 0 Å². The van der Waals surface area contributed by atoms with Gasteiger partial charge in [-0.2, -0.15) is 0 Å². The van der Waals surface area contributed by atoms with Crippen LogP contribution in [0.25, 0.3) is 6.08 Å². The van der Waals surface area contributed by atoms with Crippen LogP contribution in [0.1, 0.15) is 20.3 Å².